The van der Waals surface area contributed by atoms with E-state index in [-0.39, 0.29) is 0 Å². The summed E-state index contributed by atoms with van der Waals surface area (Å²) in [7, 11) is 2.10. The molecule has 1 aliphatic rings. The molecule has 92 valence electrons. The third-order valence-electron chi connectivity index (χ3n) is 3.05. The van der Waals surface area contributed by atoms with Gasteiger partial charge in [-0.15, -0.1) is 0 Å². The summed E-state index contributed by atoms with van der Waals surface area (Å²) in [5, 5.41) is 9.07. The number of carbonyl (C=O) groups is 1. The first kappa shape index (κ1) is 12.4. The minimum Gasteiger partial charge on any atom is -0.478 e. The van der Waals surface area contributed by atoms with Crippen LogP contribution in [0.3, 0.4) is 0 Å². The number of likely N-dealkylation sites (N-methyl/N-ethyl adjacent to an activating group) is 1. The van der Waals surface area contributed by atoms with Crippen molar-refractivity contribution < 1.29 is 9.90 Å². The van der Waals surface area contributed by atoms with Crippen molar-refractivity contribution in [2.45, 2.75) is 0 Å². The van der Waals surface area contributed by atoms with Crippen molar-refractivity contribution >= 4 is 27.6 Å². The summed E-state index contributed by atoms with van der Waals surface area (Å²) in [6, 6.07) is 5.50. The highest BCUT2D eigenvalue weighted by Gasteiger charge is 2.16. The van der Waals surface area contributed by atoms with Gasteiger partial charge in [-0.25, -0.2) is 4.79 Å². The van der Waals surface area contributed by atoms with Crippen molar-refractivity contribution in [3.63, 3.8) is 0 Å². The number of rotatable bonds is 2. The van der Waals surface area contributed by atoms with Gasteiger partial charge in [-0.3, -0.25) is 0 Å². The van der Waals surface area contributed by atoms with Gasteiger partial charge in [0.05, 0.1) is 5.56 Å². The molecule has 0 amide bonds. The third-order valence-corrected chi connectivity index (χ3v) is 3.74. The second-order valence-electron chi connectivity index (χ2n) is 4.26. The van der Waals surface area contributed by atoms with Crippen molar-refractivity contribution in [1.29, 1.82) is 0 Å². The van der Waals surface area contributed by atoms with Gasteiger partial charge in [0.15, 0.2) is 0 Å². The predicted molar refractivity (Wildman–Crippen MR) is 70.8 cm³/mol. The summed E-state index contributed by atoms with van der Waals surface area (Å²) in [5.41, 5.74) is 1.31. The molecule has 1 aliphatic heterocycles. The van der Waals surface area contributed by atoms with Crippen LogP contribution in [0.4, 0.5) is 5.69 Å². The molecule has 0 bridgehead atoms. The molecule has 1 saturated heterocycles. The van der Waals surface area contributed by atoms with E-state index in [1.54, 1.807) is 12.1 Å². The van der Waals surface area contributed by atoms with E-state index in [1.807, 2.05) is 6.07 Å². The largest absolute Gasteiger partial charge is 0.478 e. The fourth-order valence-corrected chi connectivity index (χ4v) is 2.35. The number of hydrogen-bond donors (Lipinski definition) is 1. The van der Waals surface area contributed by atoms with Gasteiger partial charge in [0.2, 0.25) is 0 Å². The maximum absolute atomic E-state index is 11.1. The third kappa shape index (κ3) is 2.79. The molecule has 0 aromatic heterocycles. The van der Waals surface area contributed by atoms with Gasteiger partial charge in [0.1, 0.15) is 0 Å². The van der Waals surface area contributed by atoms with Gasteiger partial charge < -0.3 is 14.9 Å². The van der Waals surface area contributed by atoms with Crippen molar-refractivity contribution in [3.8, 4) is 0 Å². The molecule has 1 fully saturated rings. The van der Waals surface area contributed by atoms with E-state index >= 15 is 0 Å². The number of nitrogens with zero attached hydrogens (tertiary/aromatic N) is 2. The number of aromatic carboxylic acids is 1. The van der Waals surface area contributed by atoms with Gasteiger partial charge in [0.25, 0.3) is 0 Å². The molecule has 0 unspecified atom stereocenters. The molecule has 17 heavy (non-hydrogen) atoms. The Morgan fingerprint density at radius 2 is 1.94 bits per heavy atom. The minimum absolute atomic E-state index is 0.321. The molecular weight excluding hydrogens is 284 g/mol. The molecule has 1 N–H and O–H groups in total. The van der Waals surface area contributed by atoms with Crippen molar-refractivity contribution in [2.75, 3.05) is 38.1 Å². The molecular formula is C12H15BrN2O2. The summed E-state index contributed by atoms with van der Waals surface area (Å²) in [6.07, 6.45) is 0. The van der Waals surface area contributed by atoms with Gasteiger partial charge in [-0.2, -0.15) is 0 Å². The number of carboxylic acids is 1. The minimum atomic E-state index is -0.896. The lowest BCUT2D eigenvalue weighted by Crippen LogP contribution is -2.44. The molecule has 0 saturated carbocycles. The second kappa shape index (κ2) is 5.06. The van der Waals surface area contributed by atoms with Gasteiger partial charge in [-0.1, -0.05) is 0 Å². The fourth-order valence-electron chi connectivity index (χ4n) is 1.94. The summed E-state index contributed by atoms with van der Waals surface area (Å²) in [6.45, 7) is 3.91. The van der Waals surface area contributed by atoms with Crippen LogP contribution in [0.5, 0.6) is 0 Å². The van der Waals surface area contributed by atoms with Crippen molar-refractivity contribution in [1.82, 2.24) is 4.90 Å². The number of benzene rings is 1. The Morgan fingerprint density at radius 3 is 2.53 bits per heavy atom. The van der Waals surface area contributed by atoms with E-state index in [9.17, 15) is 4.79 Å². The SMILES string of the molecule is CN1CCN(c2ccc(Br)c(C(=O)O)c2)CC1. The van der Waals surface area contributed by atoms with Crippen LogP contribution in [-0.4, -0.2) is 49.2 Å². The molecule has 1 heterocycles. The monoisotopic (exact) mass is 298 g/mol. The Morgan fingerprint density at radius 1 is 1.29 bits per heavy atom. The molecule has 5 heteroatoms. The van der Waals surface area contributed by atoms with Crippen LogP contribution in [0.15, 0.2) is 22.7 Å². The van der Waals surface area contributed by atoms with Crippen LogP contribution < -0.4 is 4.90 Å². The molecule has 0 aliphatic carbocycles. The van der Waals surface area contributed by atoms with Crippen molar-refractivity contribution in [3.05, 3.63) is 28.2 Å². The average Bonchev–Trinajstić information content (AvgIpc) is 2.30. The van der Waals surface area contributed by atoms with Gasteiger partial charge >= 0.3 is 5.97 Å². The molecule has 0 spiro atoms. The van der Waals surface area contributed by atoms with Crippen LogP contribution in [0.1, 0.15) is 10.4 Å². The van der Waals surface area contributed by atoms with E-state index in [2.05, 4.69) is 32.8 Å². The highest BCUT2D eigenvalue weighted by atomic mass is 79.9. The topological polar surface area (TPSA) is 43.8 Å². The lowest BCUT2D eigenvalue weighted by Gasteiger charge is -2.34. The predicted octanol–water partition coefficient (Wildman–Crippen LogP) is 1.90. The van der Waals surface area contributed by atoms with Crippen LogP contribution in [0.25, 0.3) is 0 Å². The van der Waals surface area contributed by atoms with E-state index in [1.165, 1.54) is 0 Å². The zero-order chi connectivity index (χ0) is 12.4. The van der Waals surface area contributed by atoms with Crippen LogP contribution in [0.2, 0.25) is 0 Å². The Balaban J connectivity index is 2.21. The Labute approximate surface area is 109 Å². The van der Waals surface area contributed by atoms with Gasteiger partial charge in [0, 0.05) is 36.3 Å². The normalized spacial score (nSPS) is 17.2. The Kier molecular flexibility index (Phi) is 3.69. The van der Waals surface area contributed by atoms with Gasteiger partial charge in [-0.05, 0) is 41.2 Å². The van der Waals surface area contributed by atoms with Crippen molar-refractivity contribution in [2.24, 2.45) is 0 Å². The maximum Gasteiger partial charge on any atom is 0.336 e. The van der Waals surface area contributed by atoms with Crippen LogP contribution in [-0.2, 0) is 0 Å². The summed E-state index contributed by atoms with van der Waals surface area (Å²) in [4.78, 5) is 15.5. The maximum atomic E-state index is 11.1. The van der Waals surface area contributed by atoms with Crippen LogP contribution in [0, 0.1) is 0 Å². The van der Waals surface area contributed by atoms with E-state index in [4.69, 9.17) is 5.11 Å². The first-order valence-electron chi connectivity index (χ1n) is 5.54. The summed E-state index contributed by atoms with van der Waals surface area (Å²) >= 11 is 3.26. The molecule has 0 atom stereocenters. The molecule has 1 aromatic rings. The molecule has 2 rings (SSSR count). The highest BCUT2D eigenvalue weighted by molar-refractivity contribution is 9.10. The number of anilines is 1. The number of hydrogen-bond acceptors (Lipinski definition) is 3. The van der Waals surface area contributed by atoms with E-state index in [0.717, 1.165) is 31.9 Å². The van der Waals surface area contributed by atoms with Crippen LogP contribution >= 0.6 is 15.9 Å². The number of carboxylic acid groups (broad SMARTS) is 1. The Hall–Kier alpha value is -1.07. The first-order valence-corrected chi connectivity index (χ1v) is 6.33. The molecule has 4 nitrogen and oxygen atoms in total. The standard InChI is InChI=1S/C12H15BrN2O2/c1-14-4-6-15(7-5-14)9-2-3-11(13)10(8-9)12(16)17/h2-3,8H,4-7H2,1H3,(H,16,17). The Bertz CT molecular complexity index is 429. The summed E-state index contributed by atoms with van der Waals surface area (Å²) < 4.78 is 0.628. The second-order valence-corrected chi connectivity index (χ2v) is 5.11. The summed E-state index contributed by atoms with van der Waals surface area (Å²) in [5.74, 6) is -0.896. The quantitative estimate of drug-likeness (QED) is 0.906. The van der Waals surface area contributed by atoms with E-state index in [0.29, 0.717) is 10.0 Å². The first-order chi connectivity index (χ1) is 8.08. The molecule has 1 aromatic carbocycles. The molecule has 0 radical (unpaired) electrons. The average molecular weight is 299 g/mol. The zero-order valence-electron chi connectivity index (χ0n) is 9.69. The smallest absolute Gasteiger partial charge is 0.336 e. The number of piperazine rings is 1. The fraction of sp³-hybridized carbons (Fsp3) is 0.417. The lowest BCUT2D eigenvalue weighted by molar-refractivity contribution is 0.0696. The zero-order valence-corrected chi connectivity index (χ0v) is 11.3. The highest BCUT2D eigenvalue weighted by Crippen LogP contribution is 2.24. The lowest BCUT2D eigenvalue weighted by atomic mass is 10.1. The van der Waals surface area contributed by atoms with E-state index < -0.39 is 5.97 Å². The number of halogens is 1.